The number of hydrogen-bond acceptors (Lipinski definition) is 0. The van der Waals surface area contributed by atoms with Crippen molar-refractivity contribution in [3.05, 3.63) is 0 Å². The van der Waals surface area contributed by atoms with E-state index < -0.39 is 8.07 Å². The maximum Gasteiger partial charge on any atom is 0.0439 e. The van der Waals surface area contributed by atoms with E-state index in [-0.39, 0.29) is 0 Å². The molecular weight excluding hydrogens is 128 g/mol. The summed E-state index contributed by atoms with van der Waals surface area (Å²) in [5.41, 5.74) is 0. The molecule has 0 spiro atoms. The van der Waals surface area contributed by atoms with Gasteiger partial charge in [0.2, 0.25) is 0 Å². The Bertz CT molecular complexity index is 63.4. The summed E-state index contributed by atoms with van der Waals surface area (Å²) < 4.78 is 0. The molecule has 1 atom stereocenters. The summed E-state index contributed by atoms with van der Waals surface area (Å²) in [5.74, 6) is 0. The van der Waals surface area contributed by atoms with Gasteiger partial charge in [-0.05, 0) is 0 Å². The molecule has 0 aromatic carbocycles. The monoisotopic (exact) mass is 146 g/mol. The van der Waals surface area contributed by atoms with Crippen molar-refractivity contribution in [1.82, 2.24) is 0 Å². The van der Waals surface area contributed by atoms with Crippen LogP contribution in [0.3, 0.4) is 0 Å². The van der Waals surface area contributed by atoms with Crippen LogP contribution in [-0.2, 0) is 0 Å². The van der Waals surface area contributed by atoms with Crippen LogP contribution in [0, 0.1) is 0 Å². The minimum Gasteiger partial charge on any atom is -0.0696 e. The Labute approximate surface area is 57.1 Å². The molecule has 0 saturated carbocycles. The van der Waals surface area contributed by atoms with Gasteiger partial charge in [0, 0.05) is 18.3 Å². The predicted molar refractivity (Wildman–Crippen MR) is 47.3 cm³/mol. The van der Waals surface area contributed by atoms with Crippen LogP contribution in [0.1, 0.15) is 13.3 Å². The first-order valence-corrected chi connectivity index (χ1v) is 8.21. The summed E-state index contributed by atoms with van der Waals surface area (Å²) >= 11 is 0. The fourth-order valence-electron chi connectivity index (χ4n) is 0.612. The summed E-state index contributed by atoms with van der Waals surface area (Å²) in [6, 6.07) is 0. The lowest BCUT2D eigenvalue weighted by Gasteiger charge is -2.23. The van der Waals surface area contributed by atoms with Crippen molar-refractivity contribution in [2.75, 3.05) is 0 Å². The van der Waals surface area contributed by atoms with Crippen molar-refractivity contribution in [2.24, 2.45) is 0 Å². The van der Waals surface area contributed by atoms with Crippen LogP contribution in [0.2, 0.25) is 24.8 Å². The first kappa shape index (κ1) is 8.43. The highest BCUT2D eigenvalue weighted by Gasteiger charge is 2.19. The van der Waals surface area contributed by atoms with Crippen LogP contribution in [0.4, 0.5) is 0 Å². The maximum atomic E-state index is 2.47. The molecule has 0 aliphatic heterocycles. The van der Waals surface area contributed by atoms with Gasteiger partial charge < -0.3 is 0 Å². The lowest BCUT2D eigenvalue weighted by Crippen LogP contribution is -2.27. The second-order valence-corrected chi connectivity index (χ2v) is 11.9. The van der Waals surface area contributed by atoms with Crippen LogP contribution in [-0.4, -0.2) is 18.3 Å². The van der Waals surface area contributed by atoms with Gasteiger partial charge in [0.05, 0.1) is 0 Å². The SMILES string of the molecule is CCC([SiH3])[Si](C)(C)C. The molecule has 0 N–H and O–H groups in total. The molecule has 0 amide bonds. The van der Waals surface area contributed by atoms with Crippen molar-refractivity contribution in [2.45, 2.75) is 38.2 Å². The Hall–Kier alpha value is 0.434. The van der Waals surface area contributed by atoms with E-state index in [0.717, 1.165) is 5.16 Å². The topological polar surface area (TPSA) is 0 Å². The van der Waals surface area contributed by atoms with Gasteiger partial charge in [0.15, 0.2) is 0 Å². The third kappa shape index (κ3) is 2.67. The Morgan fingerprint density at radius 3 is 1.75 bits per heavy atom. The smallest absolute Gasteiger partial charge is 0.0439 e. The molecule has 0 rings (SSSR count). The molecule has 8 heavy (non-hydrogen) atoms. The fourth-order valence-corrected chi connectivity index (χ4v) is 1.84. The van der Waals surface area contributed by atoms with Crippen molar-refractivity contribution < 1.29 is 0 Å². The van der Waals surface area contributed by atoms with Crippen molar-refractivity contribution in [1.29, 1.82) is 0 Å². The standard InChI is InChI=1S/C6H18Si2/c1-5-6(7)8(2,3)4/h6H,5H2,1-4,7H3. The summed E-state index contributed by atoms with van der Waals surface area (Å²) in [7, 11) is 0.712. The zero-order valence-corrected chi connectivity index (χ0v) is 9.78. The molecule has 0 aromatic rings. The van der Waals surface area contributed by atoms with Gasteiger partial charge in [-0.3, -0.25) is 0 Å². The normalized spacial score (nSPS) is 16.5. The molecule has 1 unspecified atom stereocenters. The minimum absolute atomic E-state index is 0.699. The molecule has 50 valence electrons. The molecule has 0 radical (unpaired) electrons. The van der Waals surface area contributed by atoms with Gasteiger partial charge in [0.1, 0.15) is 0 Å². The second-order valence-electron chi connectivity index (χ2n) is 3.68. The molecule has 0 nitrogen and oxygen atoms in total. The van der Waals surface area contributed by atoms with Crippen LogP contribution in [0.15, 0.2) is 0 Å². The highest BCUT2D eigenvalue weighted by atomic mass is 28.4. The zero-order valence-electron chi connectivity index (χ0n) is 6.78. The van der Waals surface area contributed by atoms with E-state index in [1.165, 1.54) is 16.7 Å². The van der Waals surface area contributed by atoms with E-state index in [1.54, 1.807) is 0 Å². The van der Waals surface area contributed by atoms with Gasteiger partial charge in [-0.1, -0.05) is 38.2 Å². The first-order chi connectivity index (χ1) is 3.48. The van der Waals surface area contributed by atoms with Gasteiger partial charge in [-0.15, -0.1) is 0 Å². The highest BCUT2D eigenvalue weighted by Crippen LogP contribution is 2.20. The molecule has 0 saturated heterocycles. The third-order valence-electron chi connectivity index (χ3n) is 2.09. The largest absolute Gasteiger partial charge is 0.0696 e. The van der Waals surface area contributed by atoms with E-state index in [0.29, 0.717) is 0 Å². The Morgan fingerprint density at radius 2 is 1.75 bits per heavy atom. The van der Waals surface area contributed by atoms with E-state index in [1.807, 2.05) is 0 Å². The molecular formula is C6H18Si2. The summed E-state index contributed by atoms with van der Waals surface area (Å²) in [6.07, 6.45) is 1.42. The van der Waals surface area contributed by atoms with Crippen LogP contribution in [0.25, 0.3) is 0 Å². The first-order valence-electron chi connectivity index (χ1n) is 3.48. The second kappa shape index (κ2) is 2.83. The molecule has 0 bridgehead atoms. The summed E-state index contributed by atoms with van der Waals surface area (Å²) in [6.45, 7) is 9.71. The number of hydrogen-bond donors (Lipinski definition) is 0. The molecule has 0 aromatic heterocycles. The van der Waals surface area contributed by atoms with Gasteiger partial charge in [-0.25, -0.2) is 0 Å². The average molecular weight is 146 g/mol. The zero-order chi connectivity index (χ0) is 6.78. The Balaban J connectivity index is 3.62. The molecule has 2 heteroatoms. The van der Waals surface area contributed by atoms with Crippen LogP contribution in [0.5, 0.6) is 0 Å². The Kier molecular flexibility index (Phi) is 2.98. The molecule has 0 fully saturated rings. The maximum absolute atomic E-state index is 2.47. The van der Waals surface area contributed by atoms with E-state index in [4.69, 9.17) is 0 Å². The lowest BCUT2D eigenvalue weighted by molar-refractivity contribution is 0.987. The van der Waals surface area contributed by atoms with Crippen molar-refractivity contribution in [3.63, 3.8) is 0 Å². The lowest BCUT2D eigenvalue weighted by atomic mass is 10.6. The third-order valence-corrected chi connectivity index (χ3v) is 11.5. The van der Waals surface area contributed by atoms with Gasteiger partial charge in [-0.2, -0.15) is 0 Å². The number of rotatable bonds is 2. The van der Waals surface area contributed by atoms with E-state index in [2.05, 4.69) is 26.6 Å². The van der Waals surface area contributed by atoms with Crippen LogP contribution < -0.4 is 0 Å². The molecule has 0 heterocycles. The molecule has 0 aliphatic carbocycles. The molecule has 0 aliphatic rings. The fraction of sp³-hybridized carbons (Fsp3) is 1.00. The van der Waals surface area contributed by atoms with Crippen molar-refractivity contribution >= 4 is 18.3 Å². The van der Waals surface area contributed by atoms with Gasteiger partial charge >= 0.3 is 0 Å². The highest BCUT2D eigenvalue weighted by molar-refractivity contribution is 6.82. The van der Waals surface area contributed by atoms with Crippen molar-refractivity contribution in [3.8, 4) is 0 Å². The minimum atomic E-state index is -0.699. The quantitative estimate of drug-likeness (QED) is 0.517. The van der Waals surface area contributed by atoms with Crippen LogP contribution >= 0.6 is 0 Å². The van der Waals surface area contributed by atoms with E-state index >= 15 is 0 Å². The summed E-state index contributed by atoms with van der Waals surface area (Å²) in [4.78, 5) is 0. The predicted octanol–water partition coefficient (Wildman–Crippen LogP) is 1.43. The van der Waals surface area contributed by atoms with Gasteiger partial charge in [0.25, 0.3) is 0 Å². The summed E-state index contributed by atoms with van der Waals surface area (Å²) in [5, 5.41) is 1.13. The Morgan fingerprint density at radius 1 is 1.38 bits per heavy atom. The average Bonchev–Trinajstić information content (AvgIpc) is 1.62. The van der Waals surface area contributed by atoms with E-state index in [9.17, 15) is 0 Å².